The number of benzene rings is 2. The van der Waals surface area contributed by atoms with E-state index in [1.807, 2.05) is 38.1 Å². The molecule has 136 valence electrons. The Morgan fingerprint density at radius 1 is 1.08 bits per heavy atom. The van der Waals surface area contributed by atoms with E-state index >= 15 is 0 Å². The second-order valence-electron chi connectivity index (χ2n) is 7.62. The van der Waals surface area contributed by atoms with Crippen LogP contribution >= 0.6 is 0 Å². The summed E-state index contributed by atoms with van der Waals surface area (Å²) >= 11 is 0. The third kappa shape index (κ3) is 2.43. The summed E-state index contributed by atoms with van der Waals surface area (Å²) in [6, 6.07) is 12.8. The zero-order valence-corrected chi connectivity index (χ0v) is 16.0. The number of fused-ring (bicyclic) bond motifs is 2. The highest BCUT2D eigenvalue weighted by Gasteiger charge is 2.39. The number of rotatable bonds is 2. The predicted octanol–water partition coefficient (Wildman–Crippen LogP) is 3.08. The summed E-state index contributed by atoms with van der Waals surface area (Å²) in [5, 5.41) is 0. The Bertz CT molecular complexity index is 1010. The Balaban J connectivity index is 1.80. The van der Waals surface area contributed by atoms with Crippen LogP contribution in [0.3, 0.4) is 0 Å². The molecule has 0 unspecified atom stereocenters. The average Bonchev–Trinajstić information content (AvgIpc) is 3.14. The molecule has 2 aliphatic rings. The van der Waals surface area contributed by atoms with Gasteiger partial charge in [-0.2, -0.15) is 0 Å². The minimum Gasteiger partial charge on any atom is -0.311 e. The SMILES string of the molecule is CC(=O)N1CC(C)(C)c2cc(S(=O)(=O)N3CCc4ccccc43)ccc21. The maximum atomic E-state index is 13.3. The second kappa shape index (κ2) is 5.58. The molecular formula is C20H22N2O3S. The van der Waals surface area contributed by atoms with Gasteiger partial charge in [-0.3, -0.25) is 9.10 Å². The number of hydrogen-bond acceptors (Lipinski definition) is 3. The minimum absolute atomic E-state index is 0.0269. The maximum Gasteiger partial charge on any atom is 0.264 e. The van der Waals surface area contributed by atoms with Crippen molar-refractivity contribution in [2.24, 2.45) is 0 Å². The molecule has 0 bridgehead atoms. The van der Waals surface area contributed by atoms with Gasteiger partial charge < -0.3 is 4.90 Å². The van der Waals surface area contributed by atoms with Crippen LogP contribution in [-0.2, 0) is 26.7 Å². The summed E-state index contributed by atoms with van der Waals surface area (Å²) < 4.78 is 28.0. The van der Waals surface area contributed by atoms with Crippen LogP contribution in [0.25, 0.3) is 0 Å². The predicted molar refractivity (Wildman–Crippen MR) is 102 cm³/mol. The second-order valence-corrected chi connectivity index (χ2v) is 9.49. The van der Waals surface area contributed by atoms with E-state index < -0.39 is 10.0 Å². The van der Waals surface area contributed by atoms with Crippen molar-refractivity contribution in [1.82, 2.24) is 0 Å². The van der Waals surface area contributed by atoms with Crippen LogP contribution in [0.2, 0.25) is 0 Å². The first-order chi connectivity index (χ1) is 12.2. The van der Waals surface area contributed by atoms with Crippen LogP contribution in [0.1, 0.15) is 31.9 Å². The molecule has 6 heteroatoms. The lowest BCUT2D eigenvalue weighted by Gasteiger charge is -2.22. The van der Waals surface area contributed by atoms with Crippen molar-refractivity contribution < 1.29 is 13.2 Å². The molecule has 2 aliphatic heterocycles. The van der Waals surface area contributed by atoms with Crippen LogP contribution in [0.5, 0.6) is 0 Å². The van der Waals surface area contributed by atoms with Gasteiger partial charge in [0.1, 0.15) is 0 Å². The number of para-hydroxylation sites is 1. The minimum atomic E-state index is -3.63. The lowest BCUT2D eigenvalue weighted by atomic mass is 9.87. The molecule has 0 radical (unpaired) electrons. The molecule has 0 aliphatic carbocycles. The molecule has 2 aromatic rings. The normalized spacial score (nSPS) is 18.0. The molecular weight excluding hydrogens is 348 g/mol. The van der Waals surface area contributed by atoms with Gasteiger partial charge >= 0.3 is 0 Å². The summed E-state index contributed by atoms with van der Waals surface area (Å²) in [6.45, 7) is 6.64. The third-order valence-electron chi connectivity index (χ3n) is 5.35. The van der Waals surface area contributed by atoms with Gasteiger partial charge in [0, 0.05) is 31.1 Å². The van der Waals surface area contributed by atoms with Gasteiger partial charge in [-0.05, 0) is 41.8 Å². The lowest BCUT2D eigenvalue weighted by molar-refractivity contribution is -0.116. The highest BCUT2D eigenvalue weighted by atomic mass is 32.2. The van der Waals surface area contributed by atoms with Crippen LogP contribution in [0.15, 0.2) is 47.4 Å². The Hall–Kier alpha value is -2.34. The van der Waals surface area contributed by atoms with Gasteiger partial charge in [-0.1, -0.05) is 32.0 Å². The standard InChI is InChI=1S/C20H22N2O3S/c1-14(23)21-13-20(2,3)17-12-16(8-9-19(17)21)26(24,25)22-11-10-15-6-4-5-7-18(15)22/h4-9,12H,10-11,13H2,1-3H3. The molecule has 0 spiro atoms. The number of carbonyl (C=O) groups is 1. The highest BCUT2D eigenvalue weighted by molar-refractivity contribution is 7.92. The number of amides is 1. The van der Waals surface area contributed by atoms with Crippen LogP contribution in [0, 0.1) is 0 Å². The van der Waals surface area contributed by atoms with Crippen LogP contribution in [0.4, 0.5) is 11.4 Å². The molecule has 0 saturated carbocycles. The fourth-order valence-corrected chi connectivity index (χ4v) is 5.51. The maximum absolute atomic E-state index is 13.3. The molecule has 0 saturated heterocycles. The molecule has 2 heterocycles. The number of carbonyl (C=O) groups excluding carboxylic acids is 1. The topological polar surface area (TPSA) is 57.7 Å². The summed E-state index contributed by atoms with van der Waals surface area (Å²) in [5.41, 5.74) is 3.25. The molecule has 4 rings (SSSR count). The Morgan fingerprint density at radius 3 is 2.54 bits per heavy atom. The van der Waals surface area contributed by atoms with Crippen molar-refractivity contribution in [2.75, 3.05) is 22.3 Å². The number of nitrogens with zero attached hydrogens (tertiary/aromatic N) is 2. The fourth-order valence-electron chi connectivity index (χ4n) is 3.98. The van der Waals surface area contributed by atoms with Crippen LogP contribution in [-0.4, -0.2) is 27.4 Å². The van der Waals surface area contributed by atoms with E-state index in [0.717, 1.165) is 28.9 Å². The molecule has 5 nitrogen and oxygen atoms in total. The van der Waals surface area contributed by atoms with Gasteiger partial charge in [0.05, 0.1) is 10.6 Å². The number of hydrogen-bond donors (Lipinski definition) is 0. The zero-order chi connectivity index (χ0) is 18.7. The molecule has 0 aromatic heterocycles. The van der Waals surface area contributed by atoms with Crippen molar-refractivity contribution >= 4 is 27.3 Å². The molecule has 26 heavy (non-hydrogen) atoms. The molecule has 0 fully saturated rings. The van der Waals surface area contributed by atoms with Gasteiger partial charge in [-0.15, -0.1) is 0 Å². The van der Waals surface area contributed by atoms with Crippen molar-refractivity contribution in [3.05, 3.63) is 53.6 Å². The van der Waals surface area contributed by atoms with Crippen LogP contribution < -0.4 is 9.21 Å². The molecule has 2 aromatic carbocycles. The first-order valence-corrected chi connectivity index (χ1v) is 10.2. The summed E-state index contributed by atoms with van der Waals surface area (Å²) in [6.07, 6.45) is 0.726. The van der Waals surface area contributed by atoms with E-state index in [-0.39, 0.29) is 16.2 Å². The van der Waals surface area contributed by atoms with Gasteiger partial charge in [0.2, 0.25) is 5.91 Å². The van der Waals surface area contributed by atoms with E-state index in [9.17, 15) is 13.2 Å². The van der Waals surface area contributed by atoms with Gasteiger partial charge in [0.15, 0.2) is 0 Å². The Labute approximate surface area is 154 Å². The third-order valence-corrected chi connectivity index (χ3v) is 7.16. The monoisotopic (exact) mass is 370 g/mol. The average molecular weight is 370 g/mol. The van der Waals surface area contributed by atoms with Crippen molar-refractivity contribution in [1.29, 1.82) is 0 Å². The van der Waals surface area contributed by atoms with E-state index in [4.69, 9.17) is 0 Å². The van der Waals surface area contributed by atoms with Crippen molar-refractivity contribution in [3.8, 4) is 0 Å². The number of sulfonamides is 1. The van der Waals surface area contributed by atoms with Gasteiger partial charge in [0.25, 0.3) is 10.0 Å². The fraction of sp³-hybridized carbons (Fsp3) is 0.350. The largest absolute Gasteiger partial charge is 0.311 e. The van der Waals surface area contributed by atoms with E-state index in [2.05, 4.69) is 0 Å². The molecule has 0 atom stereocenters. The van der Waals surface area contributed by atoms with Crippen molar-refractivity contribution in [2.45, 2.75) is 37.5 Å². The lowest BCUT2D eigenvalue weighted by Crippen LogP contribution is -2.32. The first-order valence-electron chi connectivity index (χ1n) is 8.75. The van der Waals surface area contributed by atoms with Gasteiger partial charge in [-0.25, -0.2) is 8.42 Å². The van der Waals surface area contributed by atoms with E-state index in [0.29, 0.717) is 13.1 Å². The molecule has 0 N–H and O–H groups in total. The number of anilines is 2. The summed E-state index contributed by atoms with van der Waals surface area (Å²) in [4.78, 5) is 13.9. The summed E-state index contributed by atoms with van der Waals surface area (Å²) in [5.74, 6) is -0.0269. The highest BCUT2D eigenvalue weighted by Crippen LogP contribution is 2.42. The van der Waals surface area contributed by atoms with Crippen molar-refractivity contribution in [3.63, 3.8) is 0 Å². The van der Waals surface area contributed by atoms with E-state index in [1.54, 1.807) is 23.1 Å². The smallest absolute Gasteiger partial charge is 0.264 e. The zero-order valence-electron chi connectivity index (χ0n) is 15.2. The van der Waals surface area contributed by atoms with E-state index in [1.165, 1.54) is 11.2 Å². The Kier molecular flexibility index (Phi) is 3.67. The quantitative estimate of drug-likeness (QED) is 0.816. The summed E-state index contributed by atoms with van der Waals surface area (Å²) in [7, 11) is -3.63. The Morgan fingerprint density at radius 2 is 1.81 bits per heavy atom. The first kappa shape index (κ1) is 17.1. The molecule has 1 amide bonds.